The first-order valence-electron chi connectivity index (χ1n) is 6.37. The van der Waals surface area contributed by atoms with Crippen molar-refractivity contribution in [2.75, 3.05) is 6.54 Å². The molecule has 4 nitrogen and oxygen atoms in total. The monoisotopic (exact) mass is 281 g/mol. The lowest BCUT2D eigenvalue weighted by atomic mass is 9.96. The van der Waals surface area contributed by atoms with E-state index in [1.165, 1.54) is 4.90 Å². The Balaban J connectivity index is 2.43. The molecule has 0 aromatic heterocycles. The maximum atomic E-state index is 11.4. The fourth-order valence-corrected chi connectivity index (χ4v) is 2.78. The molecule has 2 rings (SSSR count). The van der Waals surface area contributed by atoms with Crippen LogP contribution < -0.4 is 0 Å². The van der Waals surface area contributed by atoms with Crippen molar-refractivity contribution in [1.29, 1.82) is 0 Å². The number of hydrogen-bond acceptors (Lipinski definition) is 2. The first-order valence-corrected chi connectivity index (χ1v) is 6.75. The Morgan fingerprint density at radius 3 is 2.84 bits per heavy atom. The van der Waals surface area contributed by atoms with Crippen molar-refractivity contribution in [2.45, 2.75) is 31.7 Å². The molecule has 0 radical (unpaired) electrons. The Labute approximate surface area is 117 Å². The van der Waals surface area contributed by atoms with Crippen LogP contribution >= 0.6 is 11.6 Å². The number of halogens is 1. The molecule has 19 heavy (non-hydrogen) atoms. The summed E-state index contributed by atoms with van der Waals surface area (Å²) < 4.78 is 0. The summed E-state index contributed by atoms with van der Waals surface area (Å²) in [5, 5.41) is 9.86. The minimum Gasteiger partial charge on any atom is -0.465 e. The average molecular weight is 282 g/mol. The number of carbonyl (C=O) groups excluding carboxylic acids is 1. The Kier molecular flexibility index (Phi) is 4.43. The van der Waals surface area contributed by atoms with E-state index in [9.17, 15) is 14.7 Å². The smallest absolute Gasteiger partial charge is 0.407 e. The summed E-state index contributed by atoms with van der Waals surface area (Å²) in [4.78, 5) is 23.9. The zero-order chi connectivity index (χ0) is 13.8. The van der Waals surface area contributed by atoms with E-state index in [1.54, 1.807) is 18.2 Å². The molecule has 1 heterocycles. The van der Waals surface area contributed by atoms with E-state index in [0.29, 0.717) is 22.7 Å². The first-order chi connectivity index (χ1) is 9.13. The summed E-state index contributed by atoms with van der Waals surface area (Å²) in [7, 11) is 0. The zero-order valence-electron chi connectivity index (χ0n) is 10.5. The summed E-state index contributed by atoms with van der Waals surface area (Å²) in [6.45, 7) is 0.505. The zero-order valence-corrected chi connectivity index (χ0v) is 11.3. The average Bonchev–Trinajstić information content (AvgIpc) is 2.64. The third-order valence-electron chi connectivity index (χ3n) is 3.53. The van der Waals surface area contributed by atoms with Gasteiger partial charge in [-0.3, -0.25) is 4.79 Å². The topological polar surface area (TPSA) is 57.6 Å². The number of rotatable bonds is 2. The van der Waals surface area contributed by atoms with Crippen LogP contribution in [0.3, 0.4) is 0 Å². The molecule has 1 aliphatic rings. The molecule has 5 heteroatoms. The van der Waals surface area contributed by atoms with Crippen molar-refractivity contribution >= 4 is 24.0 Å². The molecule has 1 N–H and O–H groups in total. The van der Waals surface area contributed by atoms with Crippen molar-refractivity contribution in [1.82, 2.24) is 4.90 Å². The molecule has 1 aromatic rings. The molecule has 0 saturated carbocycles. The number of hydrogen-bond donors (Lipinski definition) is 1. The van der Waals surface area contributed by atoms with Gasteiger partial charge in [-0.1, -0.05) is 24.4 Å². The summed E-state index contributed by atoms with van der Waals surface area (Å²) in [6, 6.07) is 4.72. The van der Waals surface area contributed by atoms with E-state index in [2.05, 4.69) is 0 Å². The summed E-state index contributed by atoms with van der Waals surface area (Å²) in [5.41, 5.74) is 1.23. The highest BCUT2D eigenvalue weighted by molar-refractivity contribution is 6.30. The Morgan fingerprint density at radius 1 is 1.37 bits per heavy atom. The standard InChI is InChI=1S/C14H16ClNO3/c15-11-6-5-10(9-17)12(8-11)13-4-2-1-3-7-16(13)14(18)19/h5-6,8-9,13H,1-4,7H2,(H,18,19). The lowest BCUT2D eigenvalue weighted by Crippen LogP contribution is -2.34. The highest BCUT2D eigenvalue weighted by Crippen LogP contribution is 2.33. The molecule has 0 bridgehead atoms. The lowest BCUT2D eigenvalue weighted by Gasteiger charge is -2.28. The van der Waals surface area contributed by atoms with Gasteiger partial charge in [0.1, 0.15) is 6.29 Å². The first kappa shape index (κ1) is 13.9. The highest BCUT2D eigenvalue weighted by atomic mass is 35.5. The molecule has 1 fully saturated rings. The van der Waals surface area contributed by atoms with Gasteiger partial charge >= 0.3 is 6.09 Å². The van der Waals surface area contributed by atoms with E-state index in [1.807, 2.05) is 0 Å². The third kappa shape index (κ3) is 3.07. The predicted octanol–water partition coefficient (Wildman–Crippen LogP) is 3.75. The van der Waals surface area contributed by atoms with Crippen LogP contribution in [0.4, 0.5) is 4.79 Å². The van der Waals surface area contributed by atoms with Gasteiger partial charge < -0.3 is 10.0 Å². The van der Waals surface area contributed by atoms with Crippen LogP contribution in [-0.2, 0) is 0 Å². The molecule has 1 aromatic carbocycles. The van der Waals surface area contributed by atoms with Gasteiger partial charge in [0.05, 0.1) is 6.04 Å². The lowest BCUT2D eigenvalue weighted by molar-refractivity contribution is 0.111. The largest absolute Gasteiger partial charge is 0.465 e. The molecule has 1 atom stereocenters. The number of aldehydes is 1. The van der Waals surface area contributed by atoms with Gasteiger partial charge in [0, 0.05) is 17.1 Å². The van der Waals surface area contributed by atoms with Crippen molar-refractivity contribution in [2.24, 2.45) is 0 Å². The van der Waals surface area contributed by atoms with Crippen LogP contribution in [-0.4, -0.2) is 28.9 Å². The number of likely N-dealkylation sites (tertiary alicyclic amines) is 1. The summed E-state index contributed by atoms with van der Waals surface area (Å²) in [6.07, 6.45) is 3.38. The van der Waals surface area contributed by atoms with Crippen LogP contribution in [0, 0.1) is 0 Å². The molecule has 1 amide bonds. The van der Waals surface area contributed by atoms with Gasteiger partial charge in [-0.15, -0.1) is 0 Å². The quantitative estimate of drug-likeness (QED) is 0.840. The van der Waals surface area contributed by atoms with Gasteiger partial charge in [-0.2, -0.15) is 0 Å². The van der Waals surface area contributed by atoms with E-state index in [4.69, 9.17) is 11.6 Å². The molecular formula is C14H16ClNO3. The Morgan fingerprint density at radius 2 is 2.16 bits per heavy atom. The van der Waals surface area contributed by atoms with Crippen molar-refractivity contribution < 1.29 is 14.7 Å². The maximum Gasteiger partial charge on any atom is 0.407 e. The van der Waals surface area contributed by atoms with E-state index in [0.717, 1.165) is 32.0 Å². The molecule has 1 unspecified atom stereocenters. The van der Waals surface area contributed by atoms with Crippen LogP contribution in [0.25, 0.3) is 0 Å². The Bertz CT molecular complexity index is 490. The second-order valence-corrected chi connectivity index (χ2v) is 5.17. The minimum atomic E-state index is -0.941. The number of nitrogens with zero attached hydrogens (tertiary/aromatic N) is 1. The fourth-order valence-electron chi connectivity index (χ4n) is 2.60. The number of carbonyl (C=O) groups is 2. The number of carboxylic acid groups (broad SMARTS) is 1. The van der Waals surface area contributed by atoms with Crippen molar-refractivity contribution in [3.63, 3.8) is 0 Å². The van der Waals surface area contributed by atoms with Gasteiger partial charge in [-0.05, 0) is 36.6 Å². The van der Waals surface area contributed by atoms with Gasteiger partial charge in [-0.25, -0.2) is 4.79 Å². The molecular weight excluding hydrogens is 266 g/mol. The van der Waals surface area contributed by atoms with Gasteiger partial charge in [0.15, 0.2) is 0 Å². The molecule has 1 saturated heterocycles. The summed E-state index contributed by atoms with van der Waals surface area (Å²) >= 11 is 5.98. The molecule has 102 valence electrons. The van der Waals surface area contributed by atoms with Gasteiger partial charge in [0.2, 0.25) is 0 Å². The van der Waals surface area contributed by atoms with E-state index in [-0.39, 0.29) is 6.04 Å². The SMILES string of the molecule is O=Cc1ccc(Cl)cc1C1CCCCCN1C(=O)O. The second-order valence-electron chi connectivity index (χ2n) is 4.73. The number of amides is 1. The fraction of sp³-hybridized carbons (Fsp3) is 0.429. The van der Waals surface area contributed by atoms with E-state index < -0.39 is 6.09 Å². The van der Waals surface area contributed by atoms with Crippen LogP contribution in [0.5, 0.6) is 0 Å². The van der Waals surface area contributed by atoms with Crippen LogP contribution in [0.2, 0.25) is 5.02 Å². The molecule has 1 aliphatic heterocycles. The van der Waals surface area contributed by atoms with E-state index >= 15 is 0 Å². The molecule has 0 aliphatic carbocycles. The maximum absolute atomic E-state index is 11.4. The second kappa shape index (κ2) is 6.06. The third-order valence-corrected chi connectivity index (χ3v) is 3.77. The normalized spacial score (nSPS) is 19.8. The van der Waals surface area contributed by atoms with Crippen LogP contribution in [0.15, 0.2) is 18.2 Å². The molecule has 0 spiro atoms. The van der Waals surface area contributed by atoms with Gasteiger partial charge in [0.25, 0.3) is 0 Å². The van der Waals surface area contributed by atoms with Crippen LogP contribution in [0.1, 0.15) is 47.6 Å². The highest BCUT2D eigenvalue weighted by Gasteiger charge is 2.28. The Hall–Kier alpha value is -1.55. The van der Waals surface area contributed by atoms with Crippen molar-refractivity contribution in [3.8, 4) is 0 Å². The predicted molar refractivity (Wildman–Crippen MR) is 72.8 cm³/mol. The summed E-state index contributed by atoms with van der Waals surface area (Å²) in [5.74, 6) is 0. The number of benzene rings is 1. The minimum absolute atomic E-state index is 0.279. The van der Waals surface area contributed by atoms with Crippen molar-refractivity contribution in [3.05, 3.63) is 34.3 Å².